The van der Waals surface area contributed by atoms with Crippen LogP contribution < -0.4 is 5.32 Å². The van der Waals surface area contributed by atoms with Crippen molar-refractivity contribution in [2.75, 3.05) is 6.54 Å². The van der Waals surface area contributed by atoms with Crippen molar-refractivity contribution in [3.63, 3.8) is 0 Å². The van der Waals surface area contributed by atoms with Crippen LogP contribution in [0.2, 0.25) is 0 Å². The molecule has 0 saturated carbocycles. The Morgan fingerprint density at radius 3 is 2.11 bits per heavy atom. The van der Waals surface area contributed by atoms with E-state index in [1.165, 1.54) is 12.1 Å². The zero-order valence-electron chi connectivity index (χ0n) is 18.7. The molecule has 0 spiro atoms. The van der Waals surface area contributed by atoms with Crippen LogP contribution in [0, 0.1) is 11.3 Å². The quantitative estimate of drug-likeness (QED) is 0.562. The summed E-state index contributed by atoms with van der Waals surface area (Å²) in [4.78, 5) is 28.2. The van der Waals surface area contributed by atoms with Gasteiger partial charge in [0.05, 0.1) is 11.6 Å². The molecular formula is C24H21F6N3O3. The molecule has 1 aliphatic heterocycles. The standard InChI is InChI=1S/C24H21F6N3O3/c25-23(26,27)18-10-8-17(9-11-18)16-6-4-15(5-7-16)13-19(14-31)32-21(34)20-3-1-2-12-33(20)36-22(35)24(28,29)30/h4-11,19-20H,1-3,12-13H2,(H,32,34)/t19-,20-/m0/s1. The summed E-state index contributed by atoms with van der Waals surface area (Å²) in [5.41, 5.74) is 1.08. The topological polar surface area (TPSA) is 82.4 Å². The van der Waals surface area contributed by atoms with Gasteiger partial charge in [-0.3, -0.25) is 4.79 Å². The predicted octanol–water partition coefficient (Wildman–Crippen LogP) is 4.80. The van der Waals surface area contributed by atoms with Crippen molar-refractivity contribution in [1.82, 2.24) is 10.4 Å². The highest BCUT2D eigenvalue weighted by atomic mass is 19.4. The van der Waals surface area contributed by atoms with E-state index in [1.54, 1.807) is 24.3 Å². The second-order valence-corrected chi connectivity index (χ2v) is 8.20. The number of carbonyl (C=O) groups is 2. The number of rotatable bonds is 6. The molecule has 1 N–H and O–H groups in total. The van der Waals surface area contributed by atoms with Crippen LogP contribution in [0.5, 0.6) is 0 Å². The van der Waals surface area contributed by atoms with Gasteiger partial charge in [-0.1, -0.05) is 36.4 Å². The monoisotopic (exact) mass is 513 g/mol. The summed E-state index contributed by atoms with van der Waals surface area (Å²) in [7, 11) is 0. The number of nitrogens with zero attached hydrogens (tertiary/aromatic N) is 2. The number of hydroxylamine groups is 2. The van der Waals surface area contributed by atoms with Gasteiger partial charge in [0.15, 0.2) is 0 Å². The molecule has 1 amide bonds. The minimum absolute atomic E-state index is 0.0530. The van der Waals surface area contributed by atoms with E-state index in [0.29, 0.717) is 34.6 Å². The summed E-state index contributed by atoms with van der Waals surface area (Å²) in [5.74, 6) is -3.16. The van der Waals surface area contributed by atoms with Gasteiger partial charge in [0.2, 0.25) is 5.91 Å². The number of hydrogen-bond acceptors (Lipinski definition) is 5. The number of amides is 1. The molecular weight excluding hydrogens is 492 g/mol. The third-order valence-corrected chi connectivity index (χ3v) is 5.60. The highest BCUT2D eigenvalue weighted by molar-refractivity contribution is 5.83. The fourth-order valence-corrected chi connectivity index (χ4v) is 3.75. The van der Waals surface area contributed by atoms with Gasteiger partial charge in [-0.2, -0.15) is 31.6 Å². The number of halogens is 6. The molecule has 36 heavy (non-hydrogen) atoms. The lowest BCUT2D eigenvalue weighted by Gasteiger charge is -2.33. The Labute approximate surface area is 202 Å². The molecule has 6 nitrogen and oxygen atoms in total. The molecule has 0 bridgehead atoms. The van der Waals surface area contributed by atoms with E-state index in [9.17, 15) is 41.2 Å². The highest BCUT2D eigenvalue weighted by Gasteiger charge is 2.44. The van der Waals surface area contributed by atoms with E-state index < -0.39 is 41.9 Å². The third-order valence-electron chi connectivity index (χ3n) is 5.60. The Kier molecular flexibility index (Phi) is 8.24. The minimum atomic E-state index is -5.21. The Morgan fingerprint density at radius 1 is 1.00 bits per heavy atom. The van der Waals surface area contributed by atoms with Crippen molar-refractivity contribution < 1.29 is 40.8 Å². The van der Waals surface area contributed by atoms with Gasteiger partial charge >= 0.3 is 18.3 Å². The lowest BCUT2D eigenvalue weighted by atomic mass is 9.99. The maximum atomic E-state index is 12.7. The lowest BCUT2D eigenvalue weighted by molar-refractivity contribution is -0.248. The summed E-state index contributed by atoms with van der Waals surface area (Å²) < 4.78 is 75.9. The molecule has 0 aliphatic carbocycles. The van der Waals surface area contributed by atoms with Crippen LogP contribution in [-0.2, 0) is 27.0 Å². The summed E-state index contributed by atoms with van der Waals surface area (Å²) >= 11 is 0. The first kappa shape index (κ1) is 27.0. The normalized spacial score (nSPS) is 17.6. The number of nitriles is 1. The number of nitrogens with one attached hydrogen (secondary N) is 1. The minimum Gasteiger partial charge on any atom is -0.360 e. The van der Waals surface area contributed by atoms with Crippen molar-refractivity contribution in [2.45, 2.75) is 50.1 Å². The third kappa shape index (κ3) is 6.97. The maximum Gasteiger partial charge on any atom is 0.492 e. The van der Waals surface area contributed by atoms with Gasteiger partial charge in [-0.15, -0.1) is 5.06 Å². The van der Waals surface area contributed by atoms with E-state index >= 15 is 0 Å². The van der Waals surface area contributed by atoms with Gasteiger partial charge in [0.1, 0.15) is 12.1 Å². The largest absolute Gasteiger partial charge is 0.492 e. The molecule has 2 aromatic rings. The SMILES string of the molecule is N#C[C@H](Cc1ccc(-c2ccc(C(F)(F)F)cc2)cc1)NC(=O)[C@@H]1CCCCN1OC(=O)C(F)(F)F. The molecule has 12 heteroatoms. The first-order valence-electron chi connectivity index (χ1n) is 10.9. The number of benzene rings is 2. The first-order valence-corrected chi connectivity index (χ1v) is 10.9. The van der Waals surface area contributed by atoms with E-state index in [-0.39, 0.29) is 19.4 Å². The second-order valence-electron chi connectivity index (χ2n) is 8.20. The van der Waals surface area contributed by atoms with Crippen molar-refractivity contribution in [1.29, 1.82) is 5.26 Å². The van der Waals surface area contributed by atoms with Gasteiger partial charge < -0.3 is 10.2 Å². The molecule has 1 heterocycles. The fraction of sp³-hybridized carbons (Fsp3) is 0.375. The van der Waals surface area contributed by atoms with Crippen LogP contribution in [0.3, 0.4) is 0 Å². The Morgan fingerprint density at radius 2 is 1.58 bits per heavy atom. The van der Waals surface area contributed by atoms with E-state index in [1.807, 2.05) is 6.07 Å². The Balaban J connectivity index is 1.62. The number of alkyl halides is 6. The number of piperidine rings is 1. The van der Waals surface area contributed by atoms with Crippen LogP contribution in [0.25, 0.3) is 11.1 Å². The maximum absolute atomic E-state index is 12.7. The molecule has 0 unspecified atom stereocenters. The second kappa shape index (κ2) is 11.0. The van der Waals surface area contributed by atoms with Crippen molar-refractivity contribution in [2.24, 2.45) is 0 Å². The van der Waals surface area contributed by atoms with Gasteiger partial charge in [0.25, 0.3) is 0 Å². The fourth-order valence-electron chi connectivity index (χ4n) is 3.75. The average molecular weight is 513 g/mol. The van der Waals surface area contributed by atoms with Crippen LogP contribution in [0.1, 0.15) is 30.4 Å². The van der Waals surface area contributed by atoms with Crippen molar-refractivity contribution in [3.05, 3.63) is 59.7 Å². The molecule has 0 radical (unpaired) electrons. The van der Waals surface area contributed by atoms with Crippen LogP contribution in [0.15, 0.2) is 48.5 Å². The number of carbonyl (C=O) groups excluding carboxylic acids is 2. The van der Waals surface area contributed by atoms with Crippen LogP contribution in [-0.4, -0.2) is 41.7 Å². The smallest absolute Gasteiger partial charge is 0.360 e. The van der Waals surface area contributed by atoms with Crippen LogP contribution in [0.4, 0.5) is 26.3 Å². The lowest BCUT2D eigenvalue weighted by Crippen LogP contribution is -2.53. The van der Waals surface area contributed by atoms with Gasteiger partial charge in [-0.05, 0) is 48.1 Å². The molecule has 3 rings (SSSR count). The average Bonchev–Trinajstić information content (AvgIpc) is 2.83. The zero-order valence-corrected chi connectivity index (χ0v) is 18.7. The Hall–Kier alpha value is -3.59. The molecule has 1 fully saturated rings. The molecule has 1 aliphatic rings. The number of hydrogen-bond donors (Lipinski definition) is 1. The summed E-state index contributed by atoms with van der Waals surface area (Å²) in [5, 5.41) is 12.6. The van der Waals surface area contributed by atoms with E-state index in [4.69, 9.17) is 0 Å². The summed E-state index contributed by atoms with van der Waals surface area (Å²) in [6.45, 7) is -0.0530. The zero-order chi connectivity index (χ0) is 26.5. The van der Waals surface area contributed by atoms with Crippen molar-refractivity contribution in [3.8, 4) is 17.2 Å². The van der Waals surface area contributed by atoms with Gasteiger partial charge in [0, 0.05) is 13.0 Å². The first-order chi connectivity index (χ1) is 16.9. The van der Waals surface area contributed by atoms with Crippen LogP contribution >= 0.6 is 0 Å². The predicted molar refractivity (Wildman–Crippen MR) is 115 cm³/mol. The van der Waals surface area contributed by atoms with Gasteiger partial charge in [-0.25, -0.2) is 4.79 Å². The molecule has 192 valence electrons. The highest BCUT2D eigenvalue weighted by Crippen LogP contribution is 2.31. The molecule has 2 aromatic carbocycles. The van der Waals surface area contributed by atoms with E-state index in [0.717, 1.165) is 12.1 Å². The molecule has 1 saturated heterocycles. The Bertz CT molecular complexity index is 1110. The van der Waals surface area contributed by atoms with E-state index in [2.05, 4.69) is 10.2 Å². The van der Waals surface area contributed by atoms with Crippen molar-refractivity contribution >= 4 is 11.9 Å². The summed E-state index contributed by atoms with van der Waals surface area (Å²) in [6.07, 6.45) is -8.46. The molecule has 2 atom stereocenters. The summed E-state index contributed by atoms with van der Waals surface area (Å²) in [6, 6.07) is 11.0. The molecule has 0 aromatic heterocycles.